The van der Waals surface area contributed by atoms with Crippen LogP contribution in [0.3, 0.4) is 0 Å². The second kappa shape index (κ2) is 3.59. The number of hydrogen-bond acceptors (Lipinski definition) is 3. The number of rotatable bonds is 0. The van der Waals surface area contributed by atoms with Gasteiger partial charge in [0.05, 0.1) is 10.5 Å². The average Bonchev–Trinajstić information content (AvgIpc) is 2.17. The highest BCUT2D eigenvalue weighted by Gasteiger charge is 2.16. The Bertz CT molecular complexity index is 544. The van der Waals surface area contributed by atoms with Crippen LogP contribution in [0, 0.1) is 0 Å². The molecule has 2 N–H and O–H groups in total. The third kappa shape index (κ3) is 1.95. The molecule has 0 aliphatic heterocycles. The summed E-state index contributed by atoms with van der Waals surface area (Å²) in [4.78, 5) is 8.11. The molecule has 0 aliphatic rings. The molecule has 1 heterocycles. The quantitative estimate of drug-likeness (QED) is 0.763. The van der Waals surface area contributed by atoms with E-state index >= 15 is 0 Å². The summed E-state index contributed by atoms with van der Waals surface area (Å²) in [5, 5.41) is 1.54. The molecule has 0 saturated heterocycles. The van der Waals surface area contributed by atoms with Gasteiger partial charge >= 0.3 is 0 Å². The van der Waals surface area contributed by atoms with Gasteiger partial charge < -0.3 is 5.73 Å². The number of nitrogens with two attached hydrogens (primary N) is 1. The lowest BCUT2D eigenvalue weighted by Crippen LogP contribution is -2.11. The fourth-order valence-electron chi connectivity index (χ4n) is 1.55. The summed E-state index contributed by atoms with van der Waals surface area (Å²) in [6.45, 7) is 6.42. The molecule has 0 fully saturated rings. The number of benzene rings is 1. The van der Waals surface area contributed by atoms with Crippen LogP contribution in [0.5, 0.6) is 0 Å². The van der Waals surface area contributed by atoms with Crippen molar-refractivity contribution < 1.29 is 0 Å². The van der Waals surface area contributed by atoms with Crippen molar-refractivity contribution in [3.63, 3.8) is 0 Å². The number of fused-ring (bicyclic) bond motifs is 1. The van der Waals surface area contributed by atoms with Crippen molar-refractivity contribution in [2.45, 2.75) is 26.2 Å². The van der Waals surface area contributed by atoms with E-state index in [4.69, 9.17) is 17.3 Å². The fraction of sp³-hybridized carbons (Fsp3) is 0.333. The van der Waals surface area contributed by atoms with Crippen molar-refractivity contribution in [1.29, 1.82) is 0 Å². The van der Waals surface area contributed by atoms with E-state index in [1.54, 1.807) is 6.20 Å². The van der Waals surface area contributed by atoms with Crippen molar-refractivity contribution >= 4 is 28.5 Å². The predicted octanol–water partition coefficient (Wildman–Crippen LogP) is 3.16. The van der Waals surface area contributed by atoms with Gasteiger partial charge in [0, 0.05) is 11.6 Å². The lowest BCUT2D eigenvalue weighted by molar-refractivity contribution is 0.591. The van der Waals surface area contributed by atoms with Gasteiger partial charge in [-0.3, -0.25) is 0 Å². The number of nitrogens with zero attached hydrogens (tertiary/aromatic N) is 2. The molecule has 1 aromatic carbocycles. The monoisotopic (exact) mass is 235 g/mol. The minimum absolute atomic E-state index is 0.0548. The second-order valence-electron chi connectivity index (χ2n) is 4.87. The number of hydrogen-bond donors (Lipinski definition) is 1. The number of anilines is 1. The third-order valence-corrected chi connectivity index (χ3v) is 2.81. The van der Waals surface area contributed by atoms with Gasteiger partial charge in [0.25, 0.3) is 0 Å². The van der Waals surface area contributed by atoms with Crippen LogP contribution >= 0.6 is 11.6 Å². The van der Waals surface area contributed by atoms with Crippen LogP contribution in [0.4, 0.5) is 5.95 Å². The fourth-order valence-corrected chi connectivity index (χ4v) is 1.82. The van der Waals surface area contributed by atoms with Crippen molar-refractivity contribution in [2.24, 2.45) is 0 Å². The minimum Gasteiger partial charge on any atom is -0.368 e. The summed E-state index contributed by atoms with van der Waals surface area (Å²) >= 11 is 6.19. The maximum atomic E-state index is 6.19. The summed E-state index contributed by atoms with van der Waals surface area (Å²) in [6, 6.07) is 4.00. The van der Waals surface area contributed by atoms with Crippen molar-refractivity contribution in [3.8, 4) is 0 Å². The molecule has 2 rings (SSSR count). The molecule has 2 aromatic rings. The Kier molecular flexibility index (Phi) is 2.50. The number of halogens is 1. The highest BCUT2D eigenvalue weighted by atomic mass is 35.5. The van der Waals surface area contributed by atoms with Crippen LogP contribution in [0.1, 0.15) is 26.3 Å². The largest absolute Gasteiger partial charge is 0.368 e. The highest BCUT2D eigenvalue weighted by molar-refractivity contribution is 6.35. The Hall–Kier alpha value is -1.35. The summed E-state index contributed by atoms with van der Waals surface area (Å²) < 4.78 is 0. The summed E-state index contributed by atoms with van der Waals surface area (Å²) in [6.07, 6.45) is 1.71. The number of aromatic nitrogens is 2. The maximum Gasteiger partial charge on any atom is 0.220 e. The lowest BCUT2D eigenvalue weighted by Gasteiger charge is -2.19. The molecule has 4 heteroatoms. The van der Waals surface area contributed by atoms with Crippen LogP contribution in [0.25, 0.3) is 10.9 Å². The normalized spacial score (nSPS) is 12.0. The first-order chi connectivity index (χ1) is 7.38. The molecular weight excluding hydrogens is 222 g/mol. The zero-order valence-electron chi connectivity index (χ0n) is 9.58. The zero-order valence-corrected chi connectivity index (χ0v) is 10.3. The molecule has 0 spiro atoms. The Morgan fingerprint density at radius 1 is 1.25 bits per heavy atom. The van der Waals surface area contributed by atoms with Gasteiger partial charge in [0.2, 0.25) is 5.95 Å². The van der Waals surface area contributed by atoms with Crippen LogP contribution in [-0.2, 0) is 5.41 Å². The zero-order chi connectivity index (χ0) is 11.9. The second-order valence-corrected chi connectivity index (χ2v) is 5.28. The first-order valence-electron chi connectivity index (χ1n) is 5.10. The van der Waals surface area contributed by atoms with Crippen LogP contribution in [-0.4, -0.2) is 9.97 Å². The molecule has 0 amide bonds. The van der Waals surface area contributed by atoms with Gasteiger partial charge in [-0.15, -0.1) is 0 Å². The summed E-state index contributed by atoms with van der Waals surface area (Å²) in [7, 11) is 0. The average molecular weight is 236 g/mol. The third-order valence-electron chi connectivity index (χ3n) is 2.52. The lowest BCUT2D eigenvalue weighted by atomic mass is 9.86. The maximum absolute atomic E-state index is 6.19. The molecule has 0 radical (unpaired) electrons. The molecule has 16 heavy (non-hydrogen) atoms. The molecule has 0 atom stereocenters. The Morgan fingerprint density at radius 2 is 1.94 bits per heavy atom. The minimum atomic E-state index is 0.0548. The van der Waals surface area contributed by atoms with E-state index in [1.807, 2.05) is 6.07 Å². The standard InChI is InChI=1S/C12H14ClN3/c1-12(2,3)8-4-7-6-15-11(14)16-10(7)9(13)5-8/h4-6H,1-3H3,(H2,14,15,16). The van der Waals surface area contributed by atoms with Crippen LogP contribution in [0.2, 0.25) is 5.02 Å². The van der Waals surface area contributed by atoms with Gasteiger partial charge in [0.15, 0.2) is 0 Å². The molecule has 0 aliphatic carbocycles. The molecule has 0 bridgehead atoms. The van der Waals surface area contributed by atoms with E-state index in [1.165, 1.54) is 5.56 Å². The van der Waals surface area contributed by atoms with Gasteiger partial charge in [-0.1, -0.05) is 32.4 Å². The van der Waals surface area contributed by atoms with Crippen LogP contribution in [0.15, 0.2) is 18.3 Å². The van der Waals surface area contributed by atoms with E-state index in [0.717, 1.165) is 5.39 Å². The van der Waals surface area contributed by atoms with Crippen molar-refractivity contribution in [1.82, 2.24) is 9.97 Å². The van der Waals surface area contributed by atoms with Crippen LogP contribution < -0.4 is 5.73 Å². The highest BCUT2D eigenvalue weighted by Crippen LogP contribution is 2.30. The number of nitrogen functional groups attached to an aromatic ring is 1. The molecule has 0 unspecified atom stereocenters. The van der Waals surface area contributed by atoms with Crippen molar-refractivity contribution in [3.05, 3.63) is 28.9 Å². The first kappa shape index (κ1) is 11.1. The van der Waals surface area contributed by atoms with Gasteiger partial charge in [-0.2, -0.15) is 0 Å². The molecule has 0 saturated carbocycles. The van der Waals surface area contributed by atoms with Gasteiger partial charge in [0.1, 0.15) is 0 Å². The molecule has 3 nitrogen and oxygen atoms in total. The predicted molar refractivity (Wildman–Crippen MR) is 67.7 cm³/mol. The summed E-state index contributed by atoms with van der Waals surface area (Å²) in [5.41, 5.74) is 7.47. The van der Waals surface area contributed by atoms with E-state index in [9.17, 15) is 0 Å². The SMILES string of the molecule is CC(C)(C)c1cc(Cl)c2nc(N)ncc2c1. The Morgan fingerprint density at radius 3 is 2.56 bits per heavy atom. The topological polar surface area (TPSA) is 51.8 Å². The first-order valence-corrected chi connectivity index (χ1v) is 5.48. The smallest absolute Gasteiger partial charge is 0.220 e. The van der Waals surface area contributed by atoms with E-state index in [-0.39, 0.29) is 11.4 Å². The Balaban J connectivity index is 2.74. The van der Waals surface area contributed by atoms with E-state index in [0.29, 0.717) is 10.5 Å². The van der Waals surface area contributed by atoms with Crippen molar-refractivity contribution in [2.75, 3.05) is 5.73 Å². The molecular formula is C12H14ClN3. The summed E-state index contributed by atoms with van der Waals surface area (Å²) in [5.74, 6) is 0.248. The van der Waals surface area contributed by atoms with Gasteiger partial charge in [-0.05, 0) is 23.1 Å². The molecule has 84 valence electrons. The molecule has 1 aromatic heterocycles. The Labute approximate surface area is 99.7 Å². The van der Waals surface area contributed by atoms with E-state index < -0.39 is 0 Å². The van der Waals surface area contributed by atoms with Gasteiger partial charge in [-0.25, -0.2) is 9.97 Å². The van der Waals surface area contributed by atoms with E-state index in [2.05, 4.69) is 36.8 Å².